The lowest BCUT2D eigenvalue weighted by Crippen LogP contribution is -2.26. The fraction of sp³-hybridized carbons (Fsp3) is 0.647. The summed E-state index contributed by atoms with van der Waals surface area (Å²) in [6, 6.07) is 6.10. The van der Waals surface area contributed by atoms with Gasteiger partial charge in [0.2, 0.25) is 0 Å². The van der Waals surface area contributed by atoms with Gasteiger partial charge in [-0.25, -0.2) is 4.39 Å². The molecule has 2 nitrogen and oxygen atoms in total. The maximum atomic E-state index is 14.0. The van der Waals surface area contributed by atoms with Crippen LogP contribution >= 0.6 is 0 Å². The Labute approximate surface area is 122 Å². The number of nitrogens with one attached hydrogen (secondary N) is 1. The second-order valence-corrected chi connectivity index (χ2v) is 6.41. The highest BCUT2D eigenvalue weighted by molar-refractivity contribution is 5.25. The lowest BCUT2D eigenvalue weighted by molar-refractivity contribution is 0.256. The molecule has 0 radical (unpaired) electrons. The van der Waals surface area contributed by atoms with E-state index in [2.05, 4.69) is 31.0 Å². The van der Waals surface area contributed by atoms with Gasteiger partial charge >= 0.3 is 0 Å². The average Bonchev–Trinajstić information content (AvgIpc) is 2.78. The normalized spacial score (nSPS) is 19.9. The van der Waals surface area contributed by atoms with Gasteiger partial charge in [0.1, 0.15) is 5.82 Å². The van der Waals surface area contributed by atoms with Gasteiger partial charge in [0.15, 0.2) is 0 Å². The Balaban J connectivity index is 1.97. The summed E-state index contributed by atoms with van der Waals surface area (Å²) in [5, 5.41) is 3.41. The van der Waals surface area contributed by atoms with Crippen molar-refractivity contribution in [3.05, 3.63) is 35.1 Å². The molecule has 0 amide bonds. The molecule has 0 aliphatic carbocycles. The molecule has 1 fully saturated rings. The van der Waals surface area contributed by atoms with Crippen molar-refractivity contribution >= 4 is 0 Å². The first-order valence-electron chi connectivity index (χ1n) is 7.78. The molecule has 1 saturated heterocycles. The van der Waals surface area contributed by atoms with Crippen molar-refractivity contribution in [3.63, 3.8) is 0 Å². The number of nitrogens with zero attached hydrogens (tertiary/aromatic N) is 1. The topological polar surface area (TPSA) is 15.3 Å². The highest BCUT2D eigenvalue weighted by Crippen LogP contribution is 2.21. The molecule has 3 heteroatoms. The molecule has 2 rings (SSSR count). The molecule has 0 saturated carbocycles. The molecule has 1 aromatic rings. The fourth-order valence-corrected chi connectivity index (χ4v) is 2.81. The molecule has 1 heterocycles. The summed E-state index contributed by atoms with van der Waals surface area (Å²) in [6.45, 7) is 10.3. The Kier molecular flexibility index (Phi) is 5.55. The Morgan fingerprint density at radius 3 is 2.85 bits per heavy atom. The first kappa shape index (κ1) is 15.5. The molecule has 1 unspecified atom stereocenters. The summed E-state index contributed by atoms with van der Waals surface area (Å²) < 4.78 is 14.0. The molecule has 1 aromatic carbocycles. The number of benzene rings is 1. The van der Waals surface area contributed by atoms with Crippen molar-refractivity contribution in [2.75, 3.05) is 13.1 Å². The molecular weight excluding hydrogens is 251 g/mol. The lowest BCUT2D eigenvalue weighted by Gasteiger charge is -2.21. The molecule has 1 atom stereocenters. The zero-order valence-electron chi connectivity index (χ0n) is 13.0. The van der Waals surface area contributed by atoms with E-state index in [4.69, 9.17) is 0 Å². The number of likely N-dealkylation sites (tertiary alicyclic amines) is 1. The maximum absolute atomic E-state index is 14.0. The second-order valence-electron chi connectivity index (χ2n) is 6.41. The summed E-state index contributed by atoms with van der Waals surface area (Å²) >= 11 is 0. The number of hydrogen-bond donors (Lipinski definition) is 1. The Morgan fingerprint density at radius 1 is 1.40 bits per heavy atom. The predicted octanol–water partition coefficient (Wildman–Crippen LogP) is 3.56. The second kappa shape index (κ2) is 7.19. The quantitative estimate of drug-likeness (QED) is 0.856. The largest absolute Gasteiger partial charge is 0.312 e. The van der Waals surface area contributed by atoms with E-state index in [1.807, 2.05) is 12.1 Å². The van der Waals surface area contributed by atoms with Crippen molar-refractivity contribution in [1.29, 1.82) is 0 Å². The van der Waals surface area contributed by atoms with Gasteiger partial charge in [-0.15, -0.1) is 0 Å². The van der Waals surface area contributed by atoms with Gasteiger partial charge in [0, 0.05) is 24.7 Å². The van der Waals surface area contributed by atoms with Crippen LogP contribution in [0.3, 0.4) is 0 Å². The van der Waals surface area contributed by atoms with E-state index in [9.17, 15) is 4.39 Å². The molecule has 1 N–H and O–H groups in total. The van der Waals surface area contributed by atoms with Crippen LogP contribution < -0.4 is 5.32 Å². The van der Waals surface area contributed by atoms with Crippen LogP contribution in [0.15, 0.2) is 18.2 Å². The SMILES string of the molecule is CC(C)CNCc1ccc(F)c(CN2CCCC2C)c1. The van der Waals surface area contributed by atoms with Crippen LogP contribution in [-0.4, -0.2) is 24.0 Å². The van der Waals surface area contributed by atoms with E-state index in [0.29, 0.717) is 12.0 Å². The van der Waals surface area contributed by atoms with Crippen LogP contribution in [0, 0.1) is 11.7 Å². The van der Waals surface area contributed by atoms with Gasteiger partial charge < -0.3 is 5.32 Å². The summed E-state index contributed by atoms with van der Waals surface area (Å²) in [6.07, 6.45) is 2.47. The molecule has 1 aliphatic rings. The average molecular weight is 278 g/mol. The van der Waals surface area contributed by atoms with E-state index in [1.165, 1.54) is 18.4 Å². The standard InChI is InChI=1S/C17H27FN2/c1-13(2)10-19-11-15-6-7-17(18)16(9-15)12-20-8-4-5-14(20)3/h6-7,9,13-14,19H,4-5,8,10-12H2,1-3H3. The van der Waals surface area contributed by atoms with Crippen LogP contribution in [0.2, 0.25) is 0 Å². The van der Waals surface area contributed by atoms with Gasteiger partial charge in [0.05, 0.1) is 0 Å². The molecule has 20 heavy (non-hydrogen) atoms. The molecule has 0 aromatic heterocycles. The summed E-state index contributed by atoms with van der Waals surface area (Å²) in [4.78, 5) is 2.38. The number of hydrogen-bond acceptors (Lipinski definition) is 2. The van der Waals surface area contributed by atoms with Crippen LogP contribution in [0.1, 0.15) is 44.7 Å². The number of rotatable bonds is 6. The predicted molar refractivity (Wildman–Crippen MR) is 82.1 cm³/mol. The first-order chi connectivity index (χ1) is 9.56. The van der Waals surface area contributed by atoms with Crippen LogP contribution in [0.5, 0.6) is 0 Å². The minimum Gasteiger partial charge on any atom is -0.312 e. The van der Waals surface area contributed by atoms with Gasteiger partial charge in [-0.2, -0.15) is 0 Å². The Morgan fingerprint density at radius 2 is 2.20 bits per heavy atom. The molecule has 0 bridgehead atoms. The van der Waals surface area contributed by atoms with Gasteiger partial charge in [-0.1, -0.05) is 26.0 Å². The van der Waals surface area contributed by atoms with E-state index >= 15 is 0 Å². The smallest absolute Gasteiger partial charge is 0.127 e. The maximum Gasteiger partial charge on any atom is 0.127 e. The minimum absolute atomic E-state index is 0.0725. The Bertz CT molecular complexity index is 431. The van der Waals surface area contributed by atoms with Crippen LogP contribution in [0.4, 0.5) is 4.39 Å². The van der Waals surface area contributed by atoms with Crippen molar-refractivity contribution in [2.24, 2.45) is 5.92 Å². The monoisotopic (exact) mass is 278 g/mol. The molecular formula is C17H27FN2. The van der Waals surface area contributed by atoms with E-state index in [0.717, 1.165) is 31.7 Å². The summed E-state index contributed by atoms with van der Waals surface area (Å²) in [5.74, 6) is 0.567. The third kappa shape index (κ3) is 4.29. The minimum atomic E-state index is -0.0725. The third-order valence-corrected chi connectivity index (χ3v) is 4.06. The summed E-state index contributed by atoms with van der Waals surface area (Å²) in [7, 11) is 0. The number of halogens is 1. The van der Waals surface area contributed by atoms with Crippen molar-refractivity contribution in [3.8, 4) is 0 Å². The highest BCUT2D eigenvalue weighted by atomic mass is 19.1. The van der Waals surface area contributed by atoms with Gasteiger partial charge in [-0.05, 0) is 50.4 Å². The van der Waals surface area contributed by atoms with Crippen LogP contribution in [0.25, 0.3) is 0 Å². The Hall–Kier alpha value is -0.930. The molecule has 1 aliphatic heterocycles. The van der Waals surface area contributed by atoms with E-state index in [1.54, 1.807) is 6.07 Å². The van der Waals surface area contributed by atoms with E-state index < -0.39 is 0 Å². The first-order valence-corrected chi connectivity index (χ1v) is 7.78. The lowest BCUT2D eigenvalue weighted by atomic mass is 10.1. The van der Waals surface area contributed by atoms with Crippen molar-refractivity contribution in [2.45, 2.75) is 52.7 Å². The van der Waals surface area contributed by atoms with E-state index in [-0.39, 0.29) is 5.82 Å². The molecule has 0 spiro atoms. The van der Waals surface area contributed by atoms with Crippen LogP contribution in [-0.2, 0) is 13.1 Å². The third-order valence-electron chi connectivity index (χ3n) is 4.06. The summed E-state index contributed by atoms with van der Waals surface area (Å²) in [5.41, 5.74) is 2.01. The molecule has 112 valence electrons. The fourth-order valence-electron chi connectivity index (χ4n) is 2.81. The van der Waals surface area contributed by atoms with Gasteiger partial charge in [-0.3, -0.25) is 4.90 Å². The zero-order valence-corrected chi connectivity index (χ0v) is 13.0. The zero-order chi connectivity index (χ0) is 14.5. The van der Waals surface area contributed by atoms with Crippen molar-refractivity contribution in [1.82, 2.24) is 10.2 Å². The van der Waals surface area contributed by atoms with Gasteiger partial charge in [0.25, 0.3) is 0 Å². The van der Waals surface area contributed by atoms with Crippen molar-refractivity contribution < 1.29 is 4.39 Å². The highest BCUT2D eigenvalue weighted by Gasteiger charge is 2.21.